The fourth-order valence-electron chi connectivity index (χ4n) is 2.28. The van der Waals surface area contributed by atoms with Crippen LogP contribution >= 0.6 is 0 Å². The van der Waals surface area contributed by atoms with Gasteiger partial charge >= 0.3 is 0 Å². The number of hydrogen-bond donors (Lipinski definition) is 1. The van der Waals surface area contributed by atoms with Gasteiger partial charge in [0.1, 0.15) is 0 Å². The minimum absolute atomic E-state index is 0.274. The quantitative estimate of drug-likeness (QED) is 0.713. The zero-order chi connectivity index (χ0) is 10.3. The Kier molecular flexibility index (Phi) is 2.52. The largest absolute Gasteiger partial charge is 0.393 e. The monoisotopic (exact) mass is 197 g/mol. The number of likely N-dealkylation sites (tertiary alicyclic amines) is 1. The number of aliphatic hydroxyl groups excluding tert-OH is 1. The zero-order valence-corrected chi connectivity index (χ0v) is 8.94. The highest BCUT2D eigenvalue weighted by atomic mass is 16.3. The summed E-state index contributed by atoms with van der Waals surface area (Å²) in [6.45, 7) is 5.56. The fraction of sp³-hybridized carbons (Fsp3) is 0.909. The van der Waals surface area contributed by atoms with E-state index in [9.17, 15) is 9.90 Å². The Morgan fingerprint density at radius 2 is 2.21 bits per heavy atom. The third-order valence-electron chi connectivity index (χ3n) is 3.65. The van der Waals surface area contributed by atoms with Crippen molar-refractivity contribution >= 4 is 5.91 Å². The summed E-state index contributed by atoms with van der Waals surface area (Å²) >= 11 is 0. The van der Waals surface area contributed by atoms with Crippen molar-refractivity contribution in [1.29, 1.82) is 0 Å². The van der Waals surface area contributed by atoms with Gasteiger partial charge in [-0.3, -0.25) is 4.79 Å². The van der Waals surface area contributed by atoms with Crippen LogP contribution in [0.3, 0.4) is 0 Å². The fourth-order valence-corrected chi connectivity index (χ4v) is 2.28. The van der Waals surface area contributed by atoms with Crippen molar-refractivity contribution < 1.29 is 9.90 Å². The molecule has 0 radical (unpaired) electrons. The maximum atomic E-state index is 11.8. The van der Waals surface area contributed by atoms with Crippen LogP contribution in [0.1, 0.15) is 26.7 Å². The Hall–Kier alpha value is -0.570. The topological polar surface area (TPSA) is 40.5 Å². The Labute approximate surface area is 85.1 Å². The molecule has 1 N–H and O–H groups in total. The number of carbonyl (C=O) groups excluding carboxylic acids is 1. The molecule has 1 heterocycles. The molecular formula is C11H19NO2. The Bertz CT molecular complexity index is 239. The van der Waals surface area contributed by atoms with Crippen molar-refractivity contribution in [3.8, 4) is 0 Å². The van der Waals surface area contributed by atoms with Gasteiger partial charge in [-0.05, 0) is 25.7 Å². The number of aliphatic hydroxyl groups is 1. The van der Waals surface area contributed by atoms with Crippen molar-refractivity contribution in [3.05, 3.63) is 0 Å². The molecule has 1 amide bonds. The molecule has 0 aromatic carbocycles. The second kappa shape index (κ2) is 3.54. The molecule has 2 fully saturated rings. The predicted octanol–water partition coefficient (Wildman–Crippen LogP) is 0.872. The third kappa shape index (κ3) is 1.78. The van der Waals surface area contributed by atoms with E-state index >= 15 is 0 Å². The van der Waals surface area contributed by atoms with E-state index in [1.165, 1.54) is 0 Å². The molecule has 0 aromatic rings. The van der Waals surface area contributed by atoms with Crippen molar-refractivity contribution in [2.24, 2.45) is 17.8 Å². The third-order valence-corrected chi connectivity index (χ3v) is 3.65. The first-order valence-corrected chi connectivity index (χ1v) is 5.56. The summed E-state index contributed by atoms with van der Waals surface area (Å²) in [5.74, 6) is 1.50. The molecule has 2 rings (SSSR count). The van der Waals surface area contributed by atoms with E-state index in [2.05, 4.69) is 6.92 Å². The summed E-state index contributed by atoms with van der Waals surface area (Å²) in [5.41, 5.74) is 0. The van der Waals surface area contributed by atoms with E-state index in [4.69, 9.17) is 0 Å². The molecule has 3 nitrogen and oxygen atoms in total. The SMILES string of the molecule is CC(O)C1CCN(C(=O)C2CC2C)C1. The van der Waals surface area contributed by atoms with E-state index in [0.717, 1.165) is 25.9 Å². The van der Waals surface area contributed by atoms with Gasteiger partial charge in [0.2, 0.25) is 5.91 Å². The van der Waals surface area contributed by atoms with E-state index in [0.29, 0.717) is 23.7 Å². The lowest BCUT2D eigenvalue weighted by atomic mass is 10.0. The second-order valence-corrected chi connectivity index (χ2v) is 4.89. The van der Waals surface area contributed by atoms with Gasteiger partial charge in [0.05, 0.1) is 6.10 Å². The van der Waals surface area contributed by atoms with Crippen molar-refractivity contribution in [1.82, 2.24) is 4.90 Å². The average molecular weight is 197 g/mol. The molecule has 4 atom stereocenters. The number of amides is 1. The molecule has 0 aromatic heterocycles. The van der Waals surface area contributed by atoms with Crippen LogP contribution in [0.5, 0.6) is 0 Å². The van der Waals surface area contributed by atoms with Gasteiger partial charge in [-0.2, -0.15) is 0 Å². The van der Waals surface area contributed by atoms with Crippen LogP contribution in [0.15, 0.2) is 0 Å². The van der Waals surface area contributed by atoms with E-state index in [-0.39, 0.29) is 6.10 Å². The van der Waals surface area contributed by atoms with Crippen LogP contribution in [0.4, 0.5) is 0 Å². The summed E-state index contributed by atoms with van der Waals surface area (Å²) in [4.78, 5) is 13.8. The minimum atomic E-state index is -0.274. The summed E-state index contributed by atoms with van der Waals surface area (Å²) in [6, 6.07) is 0. The summed E-state index contributed by atoms with van der Waals surface area (Å²) in [7, 11) is 0. The Balaban J connectivity index is 1.86. The van der Waals surface area contributed by atoms with Crippen LogP contribution < -0.4 is 0 Å². The average Bonchev–Trinajstić information content (AvgIpc) is 2.69. The van der Waals surface area contributed by atoms with Gasteiger partial charge in [0.15, 0.2) is 0 Å². The van der Waals surface area contributed by atoms with Gasteiger partial charge < -0.3 is 10.0 Å². The van der Waals surface area contributed by atoms with Crippen molar-refractivity contribution in [3.63, 3.8) is 0 Å². The zero-order valence-electron chi connectivity index (χ0n) is 8.94. The molecule has 3 heteroatoms. The second-order valence-electron chi connectivity index (χ2n) is 4.89. The first-order valence-electron chi connectivity index (χ1n) is 5.56. The first kappa shape index (κ1) is 9.97. The molecule has 0 bridgehead atoms. The Morgan fingerprint density at radius 3 is 2.64 bits per heavy atom. The van der Waals surface area contributed by atoms with E-state index < -0.39 is 0 Å². The van der Waals surface area contributed by atoms with Crippen LogP contribution in [0, 0.1) is 17.8 Å². The lowest BCUT2D eigenvalue weighted by molar-refractivity contribution is -0.132. The van der Waals surface area contributed by atoms with Crippen LogP contribution in [0.2, 0.25) is 0 Å². The van der Waals surface area contributed by atoms with Crippen LogP contribution in [-0.4, -0.2) is 35.1 Å². The van der Waals surface area contributed by atoms with Crippen molar-refractivity contribution in [2.75, 3.05) is 13.1 Å². The van der Waals surface area contributed by atoms with Gasteiger partial charge in [-0.15, -0.1) is 0 Å². The van der Waals surface area contributed by atoms with Gasteiger partial charge in [-0.25, -0.2) is 0 Å². The maximum absolute atomic E-state index is 11.8. The van der Waals surface area contributed by atoms with E-state index in [1.807, 2.05) is 11.8 Å². The molecule has 1 aliphatic carbocycles. The normalized spacial score (nSPS) is 38.5. The summed E-state index contributed by atoms with van der Waals surface area (Å²) < 4.78 is 0. The van der Waals surface area contributed by atoms with Gasteiger partial charge in [0.25, 0.3) is 0 Å². The smallest absolute Gasteiger partial charge is 0.225 e. The standard InChI is InChI=1S/C11H19NO2/c1-7-5-10(7)11(14)12-4-3-9(6-12)8(2)13/h7-10,13H,3-6H2,1-2H3. The molecule has 4 unspecified atom stereocenters. The summed E-state index contributed by atoms with van der Waals surface area (Å²) in [6.07, 6.45) is 1.75. The molecule has 1 aliphatic heterocycles. The molecule has 0 spiro atoms. The number of rotatable bonds is 2. The van der Waals surface area contributed by atoms with Crippen molar-refractivity contribution in [2.45, 2.75) is 32.8 Å². The van der Waals surface area contributed by atoms with Crippen LogP contribution in [0.25, 0.3) is 0 Å². The molecule has 2 aliphatic rings. The number of nitrogens with zero attached hydrogens (tertiary/aromatic N) is 1. The van der Waals surface area contributed by atoms with Gasteiger partial charge in [0, 0.05) is 24.9 Å². The molecule has 1 saturated heterocycles. The summed E-state index contributed by atoms with van der Waals surface area (Å²) in [5, 5.41) is 9.42. The lowest BCUT2D eigenvalue weighted by Crippen LogP contribution is -2.31. The molecule has 1 saturated carbocycles. The van der Waals surface area contributed by atoms with Gasteiger partial charge in [-0.1, -0.05) is 6.92 Å². The number of hydrogen-bond acceptors (Lipinski definition) is 2. The molecular weight excluding hydrogens is 178 g/mol. The highest BCUT2D eigenvalue weighted by Crippen LogP contribution is 2.40. The molecule has 80 valence electrons. The highest BCUT2D eigenvalue weighted by molar-refractivity contribution is 5.81. The predicted molar refractivity (Wildman–Crippen MR) is 53.6 cm³/mol. The number of carbonyl (C=O) groups is 1. The lowest BCUT2D eigenvalue weighted by Gasteiger charge is -2.17. The minimum Gasteiger partial charge on any atom is -0.393 e. The van der Waals surface area contributed by atoms with Crippen LogP contribution in [-0.2, 0) is 4.79 Å². The maximum Gasteiger partial charge on any atom is 0.225 e. The van der Waals surface area contributed by atoms with E-state index in [1.54, 1.807) is 0 Å². The Morgan fingerprint density at radius 1 is 1.57 bits per heavy atom. The molecule has 14 heavy (non-hydrogen) atoms. The highest BCUT2D eigenvalue weighted by Gasteiger charge is 2.43. The first-order chi connectivity index (χ1) is 6.59.